The molecule has 0 aliphatic rings. The highest BCUT2D eigenvalue weighted by Gasteiger charge is 2.71. The van der Waals surface area contributed by atoms with Crippen LogP contribution in [0.2, 0.25) is 0 Å². The molecule has 0 N–H and O–H groups in total. The van der Waals surface area contributed by atoms with Crippen LogP contribution in [0.4, 0.5) is 0 Å². The lowest BCUT2D eigenvalue weighted by Gasteiger charge is -2.40. The predicted molar refractivity (Wildman–Crippen MR) is 115 cm³/mol. The fraction of sp³-hybridized carbons (Fsp3) is 0.867. The number of allylic oxidation sites excluding steroid dienone is 1. The van der Waals surface area contributed by atoms with Crippen molar-refractivity contribution in [1.29, 1.82) is 0 Å². The number of halogens is 2. The number of alkyl halides is 1. The lowest BCUT2D eigenvalue weighted by atomic mass is 10.7. The lowest BCUT2D eigenvalue weighted by Crippen LogP contribution is -2.30. The molecule has 0 rings (SSSR count). The standard InChI is InChI=1S/C15H31Cl2O9P3/c1-7-21-27(18,22-8-2)14(13-16)15(17,28(19,23-9-3)24-10-4)29(20,25-11-5)26-12-6/h13H,7-12H2,1-6H3/b14-13-. The van der Waals surface area contributed by atoms with Gasteiger partial charge in [0.15, 0.2) is 0 Å². The van der Waals surface area contributed by atoms with Gasteiger partial charge in [-0.1, -0.05) is 23.2 Å². The number of hydrogen-bond donors (Lipinski definition) is 0. The number of rotatable bonds is 16. The first kappa shape index (κ1) is 29.8. The Morgan fingerprint density at radius 2 is 0.966 bits per heavy atom. The van der Waals surface area contributed by atoms with E-state index in [1.807, 2.05) is 0 Å². The topological polar surface area (TPSA) is 107 Å². The normalized spacial score (nSPS) is 14.4. The van der Waals surface area contributed by atoms with Gasteiger partial charge in [0.05, 0.1) is 45.0 Å². The molecule has 0 atom stereocenters. The fourth-order valence-electron chi connectivity index (χ4n) is 2.35. The maximum atomic E-state index is 13.8. The van der Waals surface area contributed by atoms with E-state index in [-0.39, 0.29) is 39.6 Å². The summed E-state index contributed by atoms with van der Waals surface area (Å²) in [6.45, 7) is 8.58. The van der Waals surface area contributed by atoms with E-state index < -0.39 is 32.5 Å². The van der Waals surface area contributed by atoms with Gasteiger partial charge in [0.1, 0.15) is 0 Å². The summed E-state index contributed by atoms with van der Waals surface area (Å²) in [7, 11) is -13.4. The van der Waals surface area contributed by atoms with Crippen LogP contribution in [0.1, 0.15) is 41.5 Å². The van der Waals surface area contributed by atoms with Crippen molar-refractivity contribution in [2.24, 2.45) is 0 Å². The zero-order valence-corrected chi connectivity index (χ0v) is 21.8. The quantitative estimate of drug-likeness (QED) is 0.162. The van der Waals surface area contributed by atoms with Crippen LogP contribution in [0.5, 0.6) is 0 Å². The molecule has 0 saturated heterocycles. The summed E-state index contributed by atoms with van der Waals surface area (Å²) in [5.74, 6) is 0. The van der Waals surface area contributed by atoms with Crippen molar-refractivity contribution in [1.82, 2.24) is 0 Å². The van der Waals surface area contributed by atoms with Gasteiger partial charge in [0.2, 0.25) is 0 Å². The second-order valence-corrected chi connectivity index (χ2v) is 13.1. The van der Waals surface area contributed by atoms with Crippen LogP contribution in [-0.4, -0.2) is 44.0 Å². The van der Waals surface area contributed by atoms with Crippen molar-refractivity contribution >= 4 is 46.0 Å². The molecule has 0 amide bonds. The van der Waals surface area contributed by atoms with Gasteiger partial charge in [-0.3, -0.25) is 13.7 Å². The minimum Gasteiger partial charge on any atom is -0.307 e. The lowest BCUT2D eigenvalue weighted by molar-refractivity contribution is 0.190. The van der Waals surface area contributed by atoms with Gasteiger partial charge in [-0.15, -0.1) is 0 Å². The van der Waals surface area contributed by atoms with E-state index in [1.54, 1.807) is 13.8 Å². The minimum absolute atomic E-state index is 0.0698. The highest BCUT2D eigenvalue weighted by molar-refractivity contribution is 7.80. The molecule has 14 heteroatoms. The van der Waals surface area contributed by atoms with E-state index >= 15 is 0 Å². The molecule has 0 heterocycles. The molecular formula is C15H31Cl2O9P3. The molecule has 0 radical (unpaired) electrons. The first-order valence-corrected chi connectivity index (χ1v) is 14.7. The summed E-state index contributed by atoms with van der Waals surface area (Å²) in [4.78, 5) is 0. The van der Waals surface area contributed by atoms with Gasteiger partial charge < -0.3 is 27.1 Å². The van der Waals surface area contributed by atoms with E-state index in [0.29, 0.717) is 0 Å². The van der Waals surface area contributed by atoms with Gasteiger partial charge >= 0.3 is 22.8 Å². The van der Waals surface area contributed by atoms with Crippen LogP contribution in [0.25, 0.3) is 0 Å². The van der Waals surface area contributed by atoms with Crippen molar-refractivity contribution < 1.29 is 40.8 Å². The van der Waals surface area contributed by atoms with Gasteiger partial charge in [0.25, 0.3) is 4.36 Å². The van der Waals surface area contributed by atoms with Crippen molar-refractivity contribution in [2.45, 2.75) is 45.9 Å². The largest absolute Gasteiger partial charge is 0.368 e. The Kier molecular flexibility index (Phi) is 13.7. The van der Waals surface area contributed by atoms with Crippen molar-refractivity contribution in [3.63, 3.8) is 0 Å². The molecule has 0 unspecified atom stereocenters. The Morgan fingerprint density at radius 3 is 1.17 bits per heavy atom. The molecule has 0 spiro atoms. The van der Waals surface area contributed by atoms with Crippen LogP contribution in [0, 0.1) is 0 Å². The molecule has 0 aromatic heterocycles. The molecule has 0 fully saturated rings. The number of hydrogen-bond acceptors (Lipinski definition) is 9. The van der Waals surface area contributed by atoms with E-state index in [0.717, 1.165) is 5.54 Å². The molecule has 0 bridgehead atoms. The van der Waals surface area contributed by atoms with Crippen LogP contribution < -0.4 is 0 Å². The van der Waals surface area contributed by atoms with Gasteiger partial charge in [-0.2, -0.15) is 0 Å². The average Bonchev–Trinajstić information content (AvgIpc) is 2.63. The zero-order valence-electron chi connectivity index (χ0n) is 17.6. The summed E-state index contributed by atoms with van der Waals surface area (Å²) in [6.07, 6.45) is 0. The first-order valence-electron chi connectivity index (χ1n) is 9.23. The van der Waals surface area contributed by atoms with Crippen molar-refractivity contribution in [3.05, 3.63) is 10.8 Å². The van der Waals surface area contributed by atoms with Crippen LogP contribution in [0.15, 0.2) is 10.8 Å². The van der Waals surface area contributed by atoms with Crippen LogP contribution >= 0.6 is 46.0 Å². The van der Waals surface area contributed by atoms with Gasteiger partial charge in [-0.05, 0) is 41.5 Å². The molecule has 0 aliphatic carbocycles. The zero-order chi connectivity index (χ0) is 22.8. The second-order valence-electron chi connectivity index (χ2n) is 5.08. The van der Waals surface area contributed by atoms with Gasteiger partial charge in [0, 0.05) is 5.54 Å². The Hall–Kier alpha value is 0.770. The highest BCUT2D eigenvalue weighted by atomic mass is 35.5. The summed E-state index contributed by atoms with van der Waals surface area (Å²) in [5, 5.41) is -0.590. The Bertz CT molecular complexity index is 611. The summed E-state index contributed by atoms with van der Waals surface area (Å²) < 4.78 is 70.5. The predicted octanol–water partition coefficient (Wildman–Crippen LogP) is 6.76. The Balaban J connectivity index is 7.21. The monoisotopic (exact) mass is 518 g/mol. The van der Waals surface area contributed by atoms with Crippen LogP contribution in [0.3, 0.4) is 0 Å². The van der Waals surface area contributed by atoms with E-state index in [2.05, 4.69) is 0 Å². The molecule has 0 aliphatic heterocycles. The smallest absolute Gasteiger partial charge is 0.307 e. The average molecular weight is 519 g/mol. The summed E-state index contributed by atoms with van der Waals surface area (Å²) in [5.41, 5.74) is 0.745. The highest BCUT2D eigenvalue weighted by Crippen LogP contribution is 2.86. The van der Waals surface area contributed by atoms with E-state index in [1.165, 1.54) is 27.7 Å². The fourth-order valence-corrected chi connectivity index (χ4v) is 11.8. The SMILES string of the molecule is CCOP(=O)(OCC)/C(=C\Cl)C(Cl)(P(=O)(OCC)OCC)P(=O)(OCC)OCC. The summed E-state index contributed by atoms with van der Waals surface area (Å²) >= 11 is 12.8. The molecule has 0 aromatic carbocycles. The van der Waals surface area contributed by atoms with E-state index in [9.17, 15) is 13.7 Å². The van der Waals surface area contributed by atoms with E-state index in [4.69, 9.17) is 50.3 Å². The Morgan fingerprint density at radius 1 is 0.690 bits per heavy atom. The Labute approximate surface area is 183 Å². The van der Waals surface area contributed by atoms with Crippen LogP contribution in [-0.2, 0) is 40.8 Å². The third-order valence-electron chi connectivity index (χ3n) is 3.24. The van der Waals surface area contributed by atoms with Crippen molar-refractivity contribution in [3.8, 4) is 0 Å². The maximum Gasteiger partial charge on any atom is 0.368 e. The minimum atomic E-state index is -4.57. The second kappa shape index (κ2) is 13.3. The van der Waals surface area contributed by atoms with Gasteiger partial charge in [-0.25, -0.2) is 0 Å². The molecule has 29 heavy (non-hydrogen) atoms. The first-order chi connectivity index (χ1) is 13.6. The molecule has 0 saturated carbocycles. The van der Waals surface area contributed by atoms with Crippen molar-refractivity contribution in [2.75, 3.05) is 39.6 Å². The maximum absolute atomic E-state index is 13.8. The summed E-state index contributed by atoms with van der Waals surface area (Å²) in [6, 6.07) is 0. The third kappa shape index (κ3) is 6.40. The molecular weight excluding hydrogens is 488 g/mol. The molecule has 0 aromatic rings. The molecule has 174 valence electrons. The third-order valence-corrected chi connectivity index (χ3v) is 13.6. The molecule has 9 nitrogen and oxygen atoms in total.